The van der Waals surface area contributed by atoms with E-state index in [-0.39, 0.29) is 6.10 Å². The van der Waals surface area contributed by atoms with Gasteiger partial charge in [0.2, 0.25) is 0 Å². The average Bonchev–Trinajstić information content (AvgIpc) is 2.14. The molecular formula is C12H23NO. The molecule has 2 rings (SSSR count). The number of likely N-dealkylation sites (tertiary alicyclic amines) is 1. The third kappa shape index (κ3) is 1.82. The van der Waals surface area contributed by atoms with Crippen LogP contribution in [0, 0.1) is 5.92 Å². The van der Waals surface area contributed by atoms with Crippen molar-refractivity contribution in [2.24, 2.45) is 5.92 Å². The predicted molar refractivity (Wildman–Crippen MR) is 58.2 cm³/mol. The second-order valence-corrected chi connectivity index (χ2v) is 5.52. The van der Waals surface area contributed by atoms with Crippen LogP contribution in [0.15, 0.2) is 0 Å². The molecule has 0 atom stereocenters. The molecule has 0 aromatic carbocycles. The zero-order chi connectivity index (χ0) is 10.2. The molecule has 0 radical (unpaired) electrons. The van der Waals surface area contributed by atoms with Gasteiger partial charge in [-0.1, -0.05) is 6.42 Å². The third-order valence-corrected chi connectivity index (χ3v) is 4.28. The molecule has 82 valence electrons. The van der Waals surface area contributed by atoms with Crippen molar-refractivity contribution in [2.45, 2.75) is 57.6 Å². The Hall–Kier alpha value is -0.0800. The summed E-state index contributed by atoms with van der Waals surface area (Å²) in [7, 11) is 0. The van der Waals surface area contributed by atoms with Gasteiger partial charge in [0.15, 0.2) is 0 Å². The lowest BCUT2D eigenvalue weighted by atomic mass is 9.69. The smallest absolute Gasteiger partial charge is 0.0547 e. The van der Waals surface area contributed by atoms with Gasteiger partial charge in [0.1, 0.15) is 0 Å². The molecule has 0 aromatic rings. The minimum atomic E-state index is -0.0101. The average molecular weight is 197 g/mol. The Morgan fingerprint density at radius 1 is 1.07 bits per heavy atom. The molecule has 14 heavy (non-hydrogen) atoms. The summed E-state index contributed by atoms with van der Waals surface area (Å²) < 4.78 is 0. The van der Waals surface area contributed by atoms with Crippen LogP contribution in [0.4, 0.5) is 0 Å². The van der Waals surface area contributed by atoms with Crippen LogP contribution < -0.4 is 0 Å². The Bertz CT molecular complexity index is 190. The topological polar surface area (TPSA) is 23.5 Å². The number of piperidine rings is 1. The number of aliphatic hydroxyl groups excluding tert-OH is 1. The second-order valence-electron chi connectivity index (χ2n) is 5.52. The van der Waals surface area contributed by atoms with E-state index in [1.807, 2.05) is 0 Å². The summed E-state index contributed by atoms with van der Waals surface area (Å²) in [5, 5.41) is 9.36. The van der Waals surface area contributed by atoms with Crippen molar-refractivity contribution < 1.29 is 5.11 Å². The number of nitrogens with zero attached hydrogens (tertiary/aromatic N) is 1. The summed E-state index contributed by atoms with van der Waals surface area (Å²) in [4.78, 5) is 2.63. The highest BCUT2D eigenvalue weighted by Gasteiger charge is 2.42. The maximum atomic E-state index is 9.36. The summed E-state index contributed by atoms with van der Waals surface area (Å²) in [6.07, 6.45) is 6.15. The van der Waals surface area contributed by atoms with Crippen LogP contribution in [0.2, 0.25) is 0 Å². The maximum Gasteiger partial charge on any atom is 0.0547 e. The molecule has 0 spiro atoms. The summed E-state index contributed by atoms with van der Waals surface area (Å²) in [6, 6.07) is 0. The van der Waals surface area contributed by atoms with Gasteiger partial charge in [-0.3, -0.25) is 4.90 Å². The molecule has 2 nitrogen and oxygen atoms in total. The lowest BCUT2D eigenvalue weighted by Gasteiger charge is -2.51. The summed E-state index contributed by atoms with van der Waals surface area (Å²) in [5.41, 5.74) is 0.319. The Labute approximate surface area is 87.3 Å². The molecule has 1 aliphatic heterocycles. The maximum absolute atomic E-state index is 9.36. The monoisotopic (exact) mass is 197 g/mol. The van der Waals surface area contributed by atoms with Crippen molar-refractivity contribution in [1.29, 1.82) is 0 Å². The van der Waals surface area contributed by atoms with Gasteiger partial charge in [-0.2, -0.15) is 0 Å². The van der Waals surface area contributed by atoms with Gasteiger partial charge < -0.3 is 5.11 Å². The predicted octanol–water partition coefficient (Wildman–Crippen LogP) is 2.02. The first kappa shape index (κ1) is 10.4. The van der Waals surface area contributed by atoms with Gasteiger partial charge in [-0.15, -0.1) is 0 Å². The van der Waals surface area contributed by atoms with Crippen molar-refractivity contribution in [3.8, 4) is 0 Å². The fraction of sp³-hybridized carbons (Fsp3) is 1.00. The van der Waals surface area contributed by atoms with Crippen LogP contribution >= 0.6 is 0 Å². The van der Waals surface area contributed by atoms with Crippen LogP contribution in [0.3, 0.4) is 0 Å². The highest BCUT2D eigenvalue weighted by molar-refractivity contribution is 4.96. The molecule has 2 fully saturated rings. The third-order valence-electron chi connectivity index (χ3n) is 4.28. The quantitative estimate of drug-likeness (QED) is 0.732. The van der Waals surface area contributed by atoms with Crippen molar-refractivity contribution in [3.05, 3.63) is 0 Å². The number of aliphatic hydroxyl groups is 1. The highest BCUT2D eigenvalue weighted by atomic mass is 16.3. The normalized spacial score (nSPS) is 35.4. The van der Waals surface area contributed by atoms with E-state index in [1.54, 1.807) is 0 Å². The van der Waals surface area contributed by atoms with Gasteiger partial charge in [0, 0.05) is 5.54 Å². The summed E-state index contributed by atoms with van der Waals surface area (Å²) >= 11 is 0. The molecule has 1 saturated heterocycles. The van der Waals surface area contributed by atoms with Gasteiger partial charge in [-0.05, 0) is 58.5 Å². The van der Waals surface area contributed by atoms with E-state index in [1.165, 1.54) is 32.4 Å². The van der Waals surface area contributed by atoms with Crippen molar-refractivity contribution in [3.63, 3.8) is 0 Å². The van der Waals surface area contributed by atoms with Gasteiger partial charge in [0.05, 0.1) is 6.10 Å². The minimum absolute atomic E-state index is 0.0101. The van der Waals surface area contributed by atoms with E-state index in [2.05, 4.69) is 18.7 Å². The zero-order valence-corrected chi connectivity index (χ0v) is 9.50. The lowest BCUT2D eigenvalue weighted by Crippen LogP contribution is -2.55. The van der Waals surface area contributed by atoms with E-state index >= 15 is 0 Å². The lowest BCUT2D eigenvalue weighted by molar-refractivity contribution is -0.0526. The molecule has 2 aliphatic rings. The van der Waals surface area contributed by atoms with Crippen molar-refractivity contribution >= 4 is 0 Å². The molecule has 0 unspecified atom stereocenters. The van der Waals surface area contributed by atoms with E-state index < -0.39 is 0 Å². The van der Waals surface area contributed by atoms with E-state index in [9.17, 15) is 5.11 Å². The molecule has 1 saturated carbocycles. The standard InChI is InChI=1S/C12H23NO/c1-12(2,10-8-11(14)9-10)13-6-4-3-5-7-13/h10-11,14H,3-9H2,1-2H3. The number of hydrogen-bond acceptors (Lipinski definition) is 2. The first-order valence-electron chi connectivity index (χ1n) is 6.04. The summed E-state index contributed by atoms with van der Waals surface area (Å²) in [6.45, 7) is 7.24. The Morgan fingerprint density at radius 2 is 1.64 bits per heavy atom. The number of hydrogen-bond donors (Lipinski definition) is 1. The second kappa shape index (κ2) is 3.82. The molecule has 2 heteroatoms. The summed E-state index contributed by atoms with van der Waals surface area (Å²) in [5.74, 6) is 0.718. The molecule has 1 aliphatic carbocycles. The van der Waals surface area contributed by atoms with Gasteiger partial charge in [0.25, 0.3) is 0 Å². The van der Waals surface area contributed by atoms with Crippen LogP contribution in [0.5, 0.6) is 0 Å². The van der Waals surface area contributed by atoms with Crippen LogP contribution in [-0.4, -0.2) is 34.7 Å². The molecule has 1 heterocycles. The first-order chi connectivity index (χ1) is 6.60. The van der Waals surface area contributed by atoms with Gasteiger partial charge in [-0.25, -0.2) is 0 Å². The van der Waals surface area contributed by atoms with Crippen molar-refractivity contribution in [2.75, 3.05) is 13.1 Å². The SMILES string of the molecule is CC(C)(C1CC(O)C1)N1CCCCC1. The van der Waals surface area contributed by atoms with E-state index in [4.69, 9.17) is 0 Å². The molecule has 0 aromatic heterocycles. The van der Waals surface area contributed by atoms with Crippen LogP contribution in [-0.2, 0) is 0 Å². The highest BCUT2D eigenvalue weighted by Crippen LogP contribution is 2.40. The molecule has 0 amide bonds. The Kier molecular flexibility index (Phi) is 2.85. The largest absolute Gasteiger partial charge is 0.393 e. The number of rotatable bonds is 2. The first-order valence-corrected chi connectivity index (χ1v) is 6.04. The molecular weight excluding hydrogens is 174 g/mol. The van der Waals surface area contributed by atoms with E-state index in [0.717, 1.165) is 18.8 Å². The van der Waals surface area contributed by atoms with Gasteiger partial charge >= 0.3 is 0 Å². The van der Waals surface area contributed by atoms with Crippen LogP contribution in [0.1, 0.15) is 46.0 Å². The molecule has 0 bridgehead atoms. The fourth-order valence-electron chi connectivity index (χ4n) is 2.89. The fourth-order valence-corrected chi connectivity index (χ4v) is 2.89. The Morgan fingerprint density at radius 3 is 2.14 bits per heavy atom. The van der Waals surface area contributed by atoms with Crippen LogP contribution in [0.25, 0.3) is 0 Å². The van der Waals surface area contributed by atoms with Crippen molar-refractivity contribution in [1.82, 2.24) is 4.90 Å². The zero-order valence-electron chi connectivity index (χ0n) is 9.50. The van der Waals surface area contributed by atoms with E-state index in [0.29, 0.717) is 5.54 Å². The minimum Gasteiger partial charge on any atom is -0.393 e. The Balaban J connectivity index is 1.92. The molecule has 1 N–H and O–H groups in total.